The zero-order valence-corrected chi connectivity index (χ0v) is 36.0. The first-order chi connectivity index (χ1) is 31.1. The summed E-state index contributed by atoms with van der Waals surface area (Å²) in [5, 5.41) is 4.97. The summed E-state index contributed by atoms with van der Waals surface area (Å²) in [6, 6.07) is 77.0. The molecule has 1 saturated carbocycles. The molecule has 0 bridgehead atoms. The molecule has 9 aromatic carbocycles. The smallest absolute Gasteiger partial charge is 0.0561 e. The van der Waals surface area contributed by atoms with Gasteiger partial charge in [0.25, 0.3) is 0 Å². The minimum absolute atomic E-state index is 0.0614. The summed E-state index contributed by atoms with van der Waals surface area (Å²) in [6.45, 7) is 4.85. The summed E-state index contributed by atoms with van der Waals surface area (Å²) in [5.41, 5.74) is 17.9. The van der Waals surface area contributed by atoms with Crippen LogP contribution in [0.3, 0.4) is 0 Å². The number of nitrogens with zero attached hydrogens (tertiary/aromatic N) is 2. The molecule has 0 amide bonds. The van der Waals surface area contributed by atoms with E-state index in [-0.39, 0.29) is 5.41 Å². The maximum atomic E-state index is 2.59. The third kappa shape index (κ3) is 5.85. The van der Waals surface area contributed by atoms with E-state index in [0.717, 1.165) is 22.7 Å². The van der Waals surface area contributed by atoms with E-state index in [1.54, 1.807) is 5.56 Å². The van der Waals surface area contributed by atoms with Crippen LogP contribution in [-0.4, -0.2) is 4.57 Å². The van der Waals surface area contributed by atoms with E-state index in [9.17, 15) is 0 Å². The lowest BCUT2D eigenvalue weighted by molar-refractivity contribution is 0.355. The van der Waals surface area contributed by atoms with E-state index in [1.165, 1.54) is 97.2 Å². The summed E-state index contributed by atoms with van der Waals surface area (Å²) in [4.78, 5) is 2.50. The van der Waals surface area contributed by atoms with E-state index in [0.29, 0.717) is 11.8 Å². The van der Waals surface area contributed by atoms with Crippen molar-refractivity contribution in [1.29, 1.82) is 0 Å². The molecule has 0 radical (unpaired) electrons. The molecule has 304 valence electrons. The predicted octanol–water partition coefficient (Wildman–Crippen LogP) is 16.9. The first kappa shape index (κ1) is 37.6. The Morgan fingerprint density at radius 2 is 1.14 bits per heavy atom. The first-order valence-electron chi connectivity index (χ1n) is 22.9. The molecule has 1 spiro atoms. The fourth-order valence-electron chi connectivity index (χ4n) is 12.0. The third-order valence-corrected chi connectivity index (χ3v) is 14.5. The van der Waals surface area contributed by atoms with Crippen molar-refractivity contribution in [3.63, 3.8) is 0 Å². The lowest BCUT2D eigenvalue weighted by Crippen LogP contribution is -2.30. The minimum atomic E-state index is 0.0614. The Hall–Kier alpha value is -7.16. The maximum Gasteiger partial charge on any atom is 0.0561 e. The normalized spacial score (nSPS) is 17.7. The summed E-state index contributed by atoms with van der Waals surface area (Å²) >= 11 is 0. The van der Waals surface area contributed by atoms with Crippen molar-refractivity contribution in [3.8, 4) is 39.1 Å². The summed E-state index contributed by atoms with van der Waals surface area (Å²) < 4.78 is 2.42. The average Bonchev–Trinajstić information content (AvgIpc) is 3.95. The molecule has 2 heteroatoms. The molecule has 63 heavy (non-hydrogen) atoms. The fourth-order valence-corrected chi connectivity index (χ4v) is 12.0. The summed E-state index contributed by atoms with van der Waals surface area (Å²) in [5.74, 6) is 1.34. The van der Waals surface area contributed by atoms with Crippen molar-refractivity contribution in [2.75, 3.05) is 4.90 Å². The van der Waals surface area contributed by atoms with Crippen molar-refractivity contribution in [3.05, 3.63) is 217 Å². The van der Waals surface area contributed by atoms with E-state index >= 15 is 0 Å². The second-order valence-electron chi connectivity index (χ2n) is 18.1. The van der Waals surface area contributed by atoms with E-state index in [2.05, 4.69) is 230 Å². The Balaban J connectivity index is 1.08. The van der Waals surface area contributed by atoms with Gasteiger partial charge in [0.1, 0.15) is 0 Å². The summed E-state index contributed by atoms with van der Waals surface area (Å²) in [7, 11) is 0. The van der Waals surface area contributed by atoms with E-state index < -0.39 is 0 Å². The van der Waals surface area contributed by atoms with Crippen LogP contribution in [0.1, 0.15) is 50.7 Å². The van der Waals surface area contributed by atoms with E-state index in [4.69, 9.17) is 0 Å². The van der Waals surface area contributed by atoms with Gasteiger partial charge in [0.2, 0.25) is 0 Å². The van der Waals surface area contributed by atoms with Crippen molar-refractivity contribution in [1.82, 2.24) is 4.57 Å². The van der Waals surface area contributed by atoms with Crippen LogP contribution < -0.4 is 4.90 Å². The van der Waals surface area contributed by atoms with Crippen LogP contribution in [0.5, 0.6) is 0 Å². The van der Waals surface area contributed by atoms with Crippen LogP contribution in [0, 0.1) is 11.8 Å². The summed E-state index contributed by atoms with van der Waals surface area (Å²) in [6.07, 6.45) is 4.99. The topological polar surface area (TPSA) is 8.17 Å². The first-order valence-corrected chi connectivity index (χ1v) is 22.9. The molecule has 1 fully saturated rings. The molecule has 2 aliphatic rings. The zero-order chi connectivity index (χ0) is 42.1. The Kier molecular flexibility index (Phi) is 8.97. The van der Waals surface area contributed by atoms with Crippen LogP contribution in [0.25, 0.3) is 71.6 Å². The van der Waals surface area contributed by atoms with Gasteiger partial charge in [-0.05, 0) is 124 Å². The van der Waals surface area contributed by atoms with Crippen LogP contribution in [0.4, 0.5) is 17.1 Å². The molecule has 2 nitrogen and oxygen atoms in total. The fraction of sp³-hybridized carbons (Fsp3) is 0.148. The molecule has 12 rings (SSSR count). The maximum absolute atomic E-state index is 2.59. The Labute approximate surface area is 370 Å². The standard InChI is InChI=1S/C61H50N2/c1-3-18-44-37-41(2)40-61(44)55-28-15-12-25-50(55)51-33-31-43(38-56(51)61)47-35-36-59(52-26-11-10-24-49(47)52)63(57-29-16-13-23-48(57)42-19-6-4-7-20-42)46-32-34-54-53-27-14-17-30-58(53)62(60(54)39-46)45-21-8-5-9-22-45/h4-17,19-36,38-39,41,44H,3,18,37,40H2,1-2H3. The lowest BCUT2D eigenvalue weighted by Gasteiger charge is -2.34. The Bertz CT molecular complexity index is 3340. The Morgan fingerprint density at radius 1 is 0.492 bits per heavy atom. The number of hydrogen-bond acceptors (Lipinski definition) is 1. The minimum Gasteiger partial charge on any atom is -0.309 e. The van der Waals surface area contributed by atoms with Crippen molar-refractivity contribution >= 4 is 49.6 Å². The van der Waals surface area contributed by atoms with Crippen LogP contribution in [-0.2, 0) is 5.41 Å². The van der Waals surface area contributed by atoms with Crippen LogP contribution in [0.2, 0.25) is 0 Å². The van der Waals surface area contributed by atoms with E-state index in [1.807, 2.05) is 0 Å². The van der Waals surface area contributed by atoms with Gasteiger partial charge in [-0.3, -0.25) is 0 Å². The number of rotatable bonds is 8. The number of para-hydroxylation sites is 3. The molecule has 1 heterocycles. The highest BCUT2D eigenvalue weighted by molar-refractivity contribution is 6.12. The van der Waals surface area contributed by atoms with Gasteiger partial charge < -0.3 is 9.47 Å². The van der Waals surface area contributed by atoms with Gasteiger partial charge in [-0.1, -0.05) is 178 Å². The molecule has 0 N–H and O–H groups in total. The zero-order valence-electron chi connectivity index (χ0n) is 36.0. The number of aromatic nitrogens is 1. The van der Waals surface area contributed by atoms with Gasteiger partial charge in [-0.2, -0.15) is 0 Å². The molecule has 1 aromatic heterocycles. The highest BCUT2D eigenvalue weighted by atomic mass is 15.1. The Morgan fingerprint density at radius 3 is 1.97 bits per heavy atom. The number of benzene rings is 9. The predicted molar refractivity (Wildman–Crippen MR) is 267 cm³/mol. The third-order valence-electron chi connectivity index (χ3n) is 14.5. The van der Waals surface area contributed by atoms with Crippen molar-refractivity contribution < 1.29 is 0 Å². The molecule has 0 aliphatic heterocycles. The number of anilines is 3. The second-order valence-corrected chi connectivity index (χ2v) is 18.1. The molecular formula is C61H50N2. The highest BCUT2D eigenvalue weighted by Gasteiger charge is 2.52. The second kappa shape index (κ2) is 15.0. The molecule has 3 atom stereocenters. The van der Waals surface area contributed by atoms with Gasteiger partial charge in [0, 0.05) is 38.5 Å². The molecule has 2 aliphatic carbocycles. The molecule has 3 unspecified atom stereocenters. The quantitative estimate of drug-likeness (QED) is 0.148. The lowest BCUT2D eigenvalue weighted by atomic mass is 9.68. The van der Waals surface area contributed by atoms with Crippen LogP contribution >= 0.6 is 0 Å². The van der Waals surface area contributed by atoms with Gasteiger partial charge in [0.05, 0.1) is 22.4 Å². The van der Waals surface area contributed by atoms with Gasteiger partial charge in [-0.15, -0.1) is 0 Å². The molecule has 10 aromatic rings. The van der Waals surface area contributed by atoms with Crippen molar-refractivity contribution in [2.24, 2.45) is 11.8 Å². The number of fused-ring (bicyclic) bond motifs is 9. The largest absolute Gasteiger partial charge is 0.309 e. The SMILES string of the molecule is CCCC1CC(C)CC12c1ccccc1-c1ccc(-c3ccc(N(c4ccc5c6ccccc6n(-c6ccccc6)c5c4)c4ccccc4-c4ccccc4)c4ccccc34)cc12. The monoisotopic (exact) mass is 810 g/mol. The van der Waals surface area contributed by atoms with Gasteiger partial charge in [0.15, 0.2) is 0 Å². The molecular weight excluding hydrogens is 761 g/mol. The van der Waals surface area contributed by atoms with Gasteiger partial charge >= 0.3 is 0 Å². The average molecular weight is 811 g/mol. The van der Waals surface area contributed by atoms with Crippen molar-refractivity contribution in [2.45, 2.75) is 44.9 Å². The highest BCUT2D eigenvalue weighted by Crippen LogP contribution is 2.62. The molecule has 0 saturated heterocycles. The van der Waals surface area contributed by atoms with Crippen LogP contribution in [0.15, 0.2) is 206 Å². The number of hydrogen-bond donors (Lipinski definition) is 0. The van der Waals surface area contributed by atoms with Gasteiger partial charge in [-0.25, -0.2) is 0 Å².